The molecular weight excluding hydrogens is 661 g/mol. The number of benzene rings is 9. The van der Waals surface area contributed by atoms with Crippen molar-refractivity contribution in [3.63, 3.8) is 0 Å². The minimum atomic E-state index is -1.30. The van der Waals surface area contributed by atoms with E-state index < -0.39 is 8.80 Å². The molecule has 1 heterocycles. The highest BCUT2D eigenvalue weighted by atomic mass is 28.3. The van der Waals surface area contributed by atoms with Gasteiger partial charge in [-0.05, 0) is 75.3 Å². The number of hydrogen-bond donors (Lipinski definition) is 0. The molecule has 0 saturated heterocycles. The van der Waals surface area contributed by atoms with Crippen LogP contribution in [0.4, 0.5) is 17.1 Å². The van der Waals surface area contributed by atoms with Gasteiger partial charge in [0.1, 0.15) is 5.52 Å². The van der Waals surface area contributed by atoms with Crippen LogP contribution in [0.25, 0.3) is 54.9 Å². The van der Waals surface area contributed by atoms with E-state index in [0.717, 1.165) is 55.3 Å². The van der Waals surface area contributed by atoms with Gasteiger partial charge in [0.25, 0.3) is 0 Å². The van der Waals surface area contributed by atoms with Crippen LogP contribution in [0.5, 0.6) is 0 Å². The average Bonchev–Trinajstić information content (AvgIpc) is 3.68. The van der Waals surface area contributed by atoms with Crippen molar-refractivity contribution in [2.45, 2.75) is 0 Å². The smallest absolute Gasteiger partial charge is 0.227 e. The molecule has 53 heavy (non-hydrogen) atoms. The molecular formula is C49H33N2OSi. The fraction of sp³-hybridized carbons (Fsp3) is 0. The summed E-state index contributed by atoms with van der Waals surface area (Å²) in [5.74, 6) is 0.630. The number of rotatable bonds is 7. The lowest BCUT2D eigenvalue weighted by Crippen LogP contribution is -2.52. The largest absolute Gasteiger partial charge is 0.435 e. The maximum atomic E-state index is 6.59. The Bertz CT molecular complexity index is 2850. The van der Waals surface area contributed by atoms with E-state index >= 15 is 0 Å². The molecule has 4 heteroatoms. The molecule has 3 nitrogen and oxygen atoms in total. The normalized spacial score (nSPS) is 11.6. The monoisotopic (exact) mass is 693 g/mol. The highest BCUT2D eigenvalue weighted by molar-refractivity contribution is 6.96. The predicted molar refractivity (Wildman–Crippen MR) is 224 cm³/mol. The lowest BCUT2D eigenvalue weighted by molar-refractivity contribution is 0.623. The number of oxazole rings is 1. The van der Waals surface area contributed by atoms with Gasteiger partial charge in [0.2, 0.25) is 5.89 Å². The molecule has 0 spiro atoms. The number of fused-ring (bicyclic) bond motifs is 6. The third-order valence-corrected chi connectivity index (χ3v) is 13.0. The van der Waals surface area contributed by atoms with Crippen molar-refractivity contribution in [3.05, 3.63) is 200 Å². The molecule has 0 amide bonds. The second-order valence-electron chi connectivity index (χ2n) is 13.3. The summed E-state index contributed by atoms with van der Waals surface area (Å²) in [5.41, 5.74) is 5.93. The van der Waals surface area contributed by atoms with Crippen molar-refractivity contribution in [1.29, 1.82) is 0 Å². The number of aromatic nitrogens is 1. The number of anilines is 3. The zero-order valence-corrected chi connectivity index (χ0v) is 29.9. The Morgan fingerprint density at radius 3 is 1.75 bits per heavy atom. The van der Waals surface area contributed by atoms with Gasteiger partial charge in [-0.15, -0.1) is 0 Å². The molecule has 0 saturated carbocycles. The van der Waals surface area contributed by atoms with Gasteiger partial charge < -0.3 is 9.32 Å². The second kappa shape index (κ2) is 13.1. The van der Waals surface area contributed by atoms with E-state index in [1.165, 1.54) is 26.3 Å². The molecule has 0 aliphatic heterocycles. The summed E-state index contributed by atoms with van der Waals surface area (Å²) in [7, 11) is -1.30. The van der Waals surface area contributed by atoms with Crippen LogP contribution in [0.15, 0.2) is 205 Å². The molecule has 1 radical (unpaired) electrons. The topological polar surface area (TPSA) is 29.3 Å². The second-order valence-corrected chi connectivity index (χ2v) is 15.8. The summed E-state index contributed by atoms with van der Waals surface area (Å²) in [4.78, 5) is 7.32. The first-order valence-electron chi connectivity index (χ1n) is 18.0. The van der Waals surface area contributed by atoms with E-state index in [0.29, 0.717) is 5.89 Å². The third-order valence-electron chi connectivity index (χ3n) is 10.2. The van der Waals surface area contributed by atoms with Gasteiger partial charge in [0.15, 0.2) is 14.4 Å². The van der Waals surface area contributed by atoms with Gasteiger partial charge in [0, 0.05) is 27.7 Å². The highest BCUT2D eigenvalue weighted by Gasteiger charge is 2.24. The molecule has 0 bridgehead atoms. The molecule has 10 aromatic rings. The summed E-state index contributed by atoms with van der Waals surface area (Å²) in [6, 6.07) is 71.8. The minimum Gasteiger partial charge on any atom is -0.435 e. The lowest BCUT2D eigenvalue weighted by atomic mass is 9.99. The Morgan fingerprint density at radius 1 is 0.453 bits per heavy atom. The molecule has 1 aromatic heterocycles. The Labute approximate surface area is 309 Å². The van der Waals surface area contributed by atoms with Crippen LogP contribution in [-0.4, -0.2) is 13.8 Å². The predicted octanol–water partition coefficient (Wildman–Crippen LogP) is 10.9. The van der Waals surface area contributed by atoms with Gasteiger partial charge in [-0.2, -0.15) is 0 Å². The van der Waals surface area contributed by atoms with Crippen LogP contribution in [0.1, 0.15) is 0 Å². The van der Waals surface area contributed by atoms with Crippen LogP contribution in [0, 0.1) is 0 Å². The van der Waals surface area contributed by atoms with Gasteiger partial charge in [-0.3, -0.25) is 0 Å². The SMILES string of the molecule is c1ccc(-c2nc3ccc4ccc5ccc(N(c6ccccc6)c6ccc([Si](c7ccccc7)c7ccccc7)c7ccccc67)cc5c4c3o2)cc1. The average molecular weight is 694 g/mol. The summed E-state index contributed by atoms with van der Waals surface area (Å²) >= 11 is 0. The Hall–Kier alpha value is -6.75. The van der Waals surface area contributed by atoms with E-state index in [9.17, 15) is 0 Å². The van der Waals surface area contributed by atoms with Crippen molar-refractivity contribution < 1.29 is 4.42 Å². The Kier molecular flexibility index (Phi) is 7.66. The van der Waals surface area contributed by atoms with Crippen molar-refractivity contribution in [3.8, 4) is 11.5 Å². The quantitative estimate of drug-likeness (QED) is 0.0945. The zero-order chi connectivity index (χ0) is 35.1. The van der Waals surface area contributed by atoms with Crippen molar-refractivity contribution in [2.24, 2.45) is 0 Å². The van der Waals surface area contributed by atoms with Crippen LogP contribution < -0.4 is 20.5 Å². The minimum absolute atomic E-state index is 0.630. The molecule has 9 aromatic carbocycles. The van der Waals surface area contributed by atoms with Crippen LogP contribution in [0.2, 0.25) is 0 Å². The van der Waals surface area contributed by atoms with Gasteiger partial charge in [-0.25, -0.2) is 4.98 Å². The first-order chi connectivity index (χ1) is 26.3. The molecule has 249 valence electrons. The molecule has 0 unspecified atom stereocenters. The molecule has 10 rings (SSSR count). The van der Waals surface area contributed by atoms with Gasteiger partial charge in [0.05, 0.1) is 5.69 Å². The Morgan fingerprint density at radius 2 is 1.04 bits per heavy atom. The Balaban J connectivity index is 1.20. The zero-order valence-electron chi connectivity index (χ0n) is 28.9. The summed E-state index contributed by atoms with van der Waals surface area (Å²) in [6.45, 7) is 0. The summed E-state index contributed by atoms with van der Waals surface area (Å²) in [6.07, 6.45) is 0. The first kappa shape index (κ1) is 31.0. The molecule has 0 aliphatic carbocycles. The molecule has 0 atom stereocenters. The van der Waals surface area contributed by atoms with Gasteiger partial charge >= 0.3 is 0 Å². The van der Waals surface area contributed by atoms with Crippen molar-refractivity contribution >= 4 is 84.8 Å². The molecule has 0 aliphatic rings. The number of para-hydroxylation sites is 1. The fourth-order valence-electron chi connectivity index (χ4n) is 7.74. The van der Waals surface area contributed by atoms with Crippen LogP contribution in [-0.2, 0) is 0 Å². The van der Waals surface area contributed by atoms with E-state index in [1.54, 1.807) is 0 Å². The summed E-state index contributed by atoms with van der Waals surface area (Å²) in [5, 5.41) is 11.1. The van der Waals surface area contributed by atoms with Gasteiger partial charge in [-0.1, -0.05) is 162 Å². The van der Waals surface area contributed by atoms with Crippen molar-refractivity contribution in [1.82, 2.24) is 4.98 Å². The molecule has 0 N–H and O–H groups in total. The van der Waals surface area contributed by atoms with Crippen molar-refractivity contribution in [2.75, 3.05) is 4.90 Å². The van der Waals surface area contributed by atoms with E-state index in [2.05, 4.69) is 175 Å². The van der Waals surface area contributed by atoms with E-state index in [-0.39, 0.29) is 0 Å². The van der Waals surface area contributed by atoms with Crippen LogP contribution >= 0.6 is 0 Å². The van der Waals surface area contributed by atoms with E-state index in [1.807, 2.05) is 30.3 Å². The fourth-order valence-corrected chi connectivity index (χ4v) is 10.5. The maximum Gasteiger partial charge on any atom is 0.227 e. The standard InChI is InChI=1S/C49H33N2OSi/c1-5-15-36(16-6-1)49-50-44-30-28-35-26-25-34-27-29-38(33-43(34)47(35)48(44)52-49)51(37-17-7-2-8-18-37)45-31-32-46(42-24-14-13-23-41(42)45)53(39-19-9-3-10-20-39)40-21-11-4-12-22-40/h1-33H. The van der Waals surface area contributed by atoms with E-state index in [4.69, 9.17) is 9.40 Å². The highest BCUT2D eigenvalue weighted by Crippen LogP contribution is 2.42. The number of nitrogens with zero attached hydrogens (tertiary/aromatic N) is 2. The third kappa shape index (κ3) is 5.48. The van der Waals surface area contributed by atoms with Crippen LogP contribution in [0.3, 0.4) is 0 Å². The first-order valence-corrected chi connectivity index (χ1v) is 19.5. The summed E-state index contributed by atoms with van der Waals surface area (Å²) < 4.78 is 6.59. The number of hydrogen-bond acceptors (Lipinski definition) is 3. The maximum absolute atomic E-state index is 6.59. The molecule has 0 fully saturated rings. The lowest BCUT2D eigenvalue weighted by Gasteiger charge is -2.28.